The predicted octanol–water partition coefficient (Wildman–Crippen LogP) is 5.32. The molecule has 2 aliphatic heterocycles. The molecule has 0 unspecified atom stereocenters. The normalized spacial score (nSPS) is 17.4. The molecule has 2 fully saturated rings. The number of rotatable bonds is 8. The molecule has 0 radical (unpaired) electrons. The van der Waals surface area contributed by atoms with Crippen molar-refractivity contribution in [2.24, 2.45) is 0 Å². The number of piperidine rings is 2. The van der Waals surface area contributed by atoms with Crippen LogP contribution in [0.5, 0.6) is 0 Å². The molecule has 0 spiro atoms. The van der Waals surface area contributed by atoms with Crippen LogP contribution >= 0.6 is 0 Å². The van der Waals surface area contributed by atoms with Gasteiger partial charge in [-0.2, -0.15) is 5.26 Å². The number of hydrogen-bond donors (Lipinski definition) is 0. The van der Waals surface area contributed by atoms with Crippen LogP contribution in [-0.4, -0.2) is 77.9 Å². The number of anilines is 2. The summed E-state index contributed by atoms with van der Waals surface area (Å²) in [4.78, 5) is 27.1. The van der Waals surface area contributed by atoms with Gasteiger partial charge in [-0.3, -0.25) is 9.78 Å². The van der Waals surface area contributed by atoms with E-state index in [0.717, 1.165) is 48.4 Å². The molecular weight excluding hydrogens is 508 g/mol. The molecule has 0 bridgehead atoms. The zero-order valence-electron chi connectivity index (χ0n) is 24.2. The third-order valence-electron chi connectivity index (χ3n) is 8.61. The number of pyridine rings is 1. The van der Waals surface area contributed by atoms with E-state index >= 15 is 0 Å². The van der Waals surface area contributed by atoms with Crippen LogP contribution in [-0.2, 0) is 11.3 Å². The third kappa shape index (κ3) is 7.40. The highest BCUT2D eigenvalue weighted by molar-refractivity contribution is 5.92. The van der Waals surface area contributed by atoms with Crippen molar-refractivity contribution < 1.29 is 4.79 Å². The summed E-state index contributed by atoms with van der Waals surface area (Å²) in [6.45, 7) is 4.99. The molecule has 0 N–H and O–H groups in total. The first-order chi connectivity index (χ1) is 20.0. The van der Waals surface area contributed by atoms with Gasteiger partial charge in [0.1, 0.15) is 0 Å². The van der Waals surface area contributed by atoms with Crippen LogP contribution in [0.2, 0.25) is 0 Å². The summed E-state index contributed by atoms with van der Waals surface area (Å²) in [5, 5.41) is 9.08. The molecule has 3 aromatic rings. The summed E-state index contributed by atoms with van der Waals surface area (Å²) in [6, 6.07) is 22.8. The first kappa shape index (κ1) is 28.5. The summed E-state index contributed by atoms with van der Waals surface area (Å²) < 4.78 is 0. The van der Waals surface area contributed by atoms with E-state index in [4.69, 9.17) is 5.26 Å². The van der Waals surface area contributed by atoms with Gasteiger partial charge in [0.2, 0.25) is 5.91 Å². The number of carbonyl (C=O) groups excluding carboxylic acids is 1. The molecule has 0 saturated carbocycles. The number of carbonyl (C=O) groups is 1. The SMILES string of the molecule is CN1CCC(N2CCC(N(Cc3ccc(N(C)c4ccncc4)cc3)C(=O)C=Cc3ccc(C#N)cc3)CC2)CC1. The Bertz CT molecular complexity index is 1330. The van der Waals surface area contributed by atoms with Crippen molar-refractivity contribution in [2.45, 2.75) is 44.3 Å². The van der Waals surface area contributed by atoms with Crippen LogP contribution in [0.4, 0.5) is 11.4 Å². The van der Waals surface area contributed by atoms with E-state index in [1.54, 1.807) is 30.6 Å². The Kier molecular flexibility index (Phi) is 9.45. The maximum absolute atomic E-state index is 13.7. The monoisotopic (exact) mass is 548 g/mol. The highest BCUT2D eigenvalue weighted by Gasteiger charge is 2.31. The van der Waals surface area contributed by atoms with Crippen molar-refractivity contribution >= 4 is 23.4 Å². The highest BCUT2D eigenvalue weighted by atomic mass is 16.2. The smallest absolute Gasteiger partial charge is 0.247 e. The predicted molar refractivity (Wildman–Crippen MR) is 165 cm³/mol. The van der Waals surface area contributed by atoms with Gasteiger partial charge in [-0.05, 0) is 99.4 Å². The van der Waals surface area contributed by atoms with Gasteiger partial charge in [0.05, 0.1) is 11.6 Å². The van der Waals surface area contributed by atoms with Crippen molar-refractivity contribution in [3.63, 3.8) is 0 Å². The number of hydrogen-bond acceptors (Lipinski definition) is 6. The standard InChI is InChI=1S/C34H40N6O/c1-37-21-15-32(16-22-37)39-23-17-33(18-24-39)40(34(41)12-9-27-3-5-28(25-35)6-4-27)26-29-7-10-30(11-8-29)38(2)31-13-19-36-20-14-31/h3-14,19-20,32-33H,15-18,21-24,26H2,1-2H3. The summed E-state index contributed by atoms with van der Waals surface area (Å²) in [7, 11) is 4.26. The van der Waals surface area contributed by atoms with Crippen molar-refractivity contribution in [1.82, 2.24) is 19.7 Å². The summed E-state index contributed by atoms with van der Waals surface area (Å²) in [5.74, 6) is 0.0325. The maximum atomic E-state index is 13.7. The summed E-state index contributed by atoms with van der Waals surface area (Å²) >= 11 is 0. The zero-order valence-corrected chi connectivity index (χ0v) is 24.2. The minimum Gasteiger partial charge on any atom is -0.345 e. The van der Waals surface area contributed by atoms with Gasteiger partial charge in [-0.1, -0.05) is 24.3 Å². The molecule has 7 heteroatoms. The van der Waals surface area contributed by atoms with Crippen LogP contribution < -0.4 is 4.90 Å². The van der Waals surface area contributed by atoms with Gasteiger partial charge >= 0.3 is 0 Å². The van der Waals surface area contributed by atoms with Crippen molar-refractivity contribution in [3.8, 4) is 6.07 Å². The van der Waals surface area contributed by atoms with Gasteiger partial charge in [-0.25, -0.2) is 0 Å². The Morgan fingerprint density at radius 3 is 2.20 bits per heavy atom. The van der Waals surface area contributed by atoms with Crippen LogP contribution in [0.3, 0.4) is 0 Å². The minimum atomic E-state index is 0.0325. The van der Waals surface area contributed by atoms with Crippen LogP contribution in [0.1, 0.15) is 42.4 Å². The van der Waals surface area contributed by atoms with E-state index in [1.165, 1.54) is 25.9 Å². The Labute approximate surface area is 244 Å². The van der Waals surface area contributed by atoms with E-state index in [0.29, 0.717) is 18.2 Å². The van der Waals surface area contributed by atoms with Gasteiger partial charge < -0.3 is 19.6 Å². The van der Waals surface area contributed by atoms with Crippen molar-refractivity contribution in [2.75, 3.05) is 45.2 Å². The van der Waals surface area contributed by atoms with Gasteiger partial charge in [0.15, 0.2) is 0 Å². The number of benzene rings is 2. The summed E-state index contributed by atoms with van der Waals surface area (Å²) in [6.07, 6.45) is 11.6. The van der Waals surface area contributed by atoms with Crippen molar-refractivity contribution in [1.29, 1.82) is 5.26 Å². The highest BCUT2D eigenvalue weighted by Crippen LogP contribution is 2.27. The lowest BCUT2D eigenvalue weighted by atomic mass is 9.96. The molecule has 41 heavy (non-hydrogen) atoms. The molecule has 0 aliphatic carbocycles. The number of nitriles is 1. The Morgan fingerprint density at radius 2 is 1.56 bits per heavy atom. The molecule has 2 aliphatic rings. The molecular formula is C34H40N6O. The number of likely N-dealkylation sites (tertiary alicyclic amines) is 2. The lowest BCUT2D eigenvalue weighted by molar-refractivity contribution is -0.130. The fraction of sp³-hybridized carbons (Fsp3) is 0.382. The van der Waals surface area contributed by atoms with Crippen LogP contribution in [0.15, 0.2) is 79.1 Å². The lowest BCUT2D eigenvalue weighted by Crippen LogP contribution is -2.51. The minimum absolute atomic E-state index is 0.0325. The molecule has 2 aromatic carbocycles. The molecule has 5 rings (SSSR count). The fourth-order valence-electron chi connectivity index (χ4n) is 5.98. The zero-order chi connectivity index (χ0) is 28.6. The molecule has 212 valence electrons. The van der Waals surface area contributed by atoms with Gasteiger partial charge in [-0.15, -0.1) is 0 Å². The Morgan fingerprint density at radius 1 is 0.927 bits per heavy atom. The fourth-order valence-corrected chi connectivity index (χ4v) is 5.98. The van der Waals surface area contributed by atoms with E-state index in [2.05, 4.69) is 62.0 Å². The van der Waals surface area contributed by atoms with E-state index < -0.39 is 0 Å². The van der Waals surface area contributed by atoms with Gasteiger partial charge in [0, 0.05) is 68.6 Å². The Balaban J connectivity index is 1.29. The van der Waals surface area contributed by atoms with Crippen LogP contribution in [0.25, 0.3) is 6.08 Å². The molecule has 2 saturated heterocycles. The second kappa shape index (κ2) is 13.6. The Hall–Kier alpha value is -3.99. The second-order valence-electron chi connectivity index (χ2n) is 11.3. The molecule has 1 amide bonds. The topological polar surface area (TPSA) is 66.7 Å². The first-order valence-corrected chi connectivity index (χ1v) is 14.6. The quantitative estimate of drug-likeness (QED) is 0.355. The average molecular weight is 549 g/mol. The second-order valence-corrected chi connectivity index (χ2v) is 11.3. The molecule has 1 aromatic heterocycles. The van der Waals surface area contributed by atoms with E-state index in [9.17, 15) is 4.79 Å². The largest absolute Gasteiger partial charge is 0.345 e. The van der Waals surface area contributed by atoms with Gasteiger partial charge in [0.25, 0.3) is 0 Å². The van der Waals surface area contributed by atoms with E-state index in [-0.39, 0.29) is 11.9 Å². The third-order valence-corrected chi connectivity index (χ3v) is 8.61. The molecule has 3 heterocycles. The van der Waals surface area contributed by atoms with Crippen molar-refractivity contribution in [3.05, 3.63) is 95.8 Å². The number of amides is 1. The summed E-state index contributed by atoms with van der Waals surface area (Å²) in [5.41, 5.74) is 4.82. The first-order valence-electron chi connectivity index (χ1n) is 14.6. The maximum Gasteiger partial charge on any atom is 0.247 e. The average Bonchev–Trinajstić information content (AvgIpc) is 3.03. The number of aromatic nitrogens is 1. The number of nitrogens with zero attached hydrogens (tertiary/aromatic N) is 6. The van der Waals surface area contributed by atoms with Crippen LogP contribution in [0, 0.1) is 11.3 Å². The molecule has 7 nitrogen and oxygen atoms in total. The van der Waals surface area contributed by atoms with E-state index in [1.807, 2.05) is 37.4 Å². The molecule has 0 atom stereocenters. The lowest BCUT2D eigenvalue weighted by Gasteiger charge is -2.43.